The standard InChI is InChI=1S/C8H10O4.Na/c1-12-6-4-2-3-5-8(6,11)7(9)10;/h2-6,11H,1H3,(H,9,10);/q;+1/p-1. The molecule has 66 valence electrons. The monoisotopic (exact) mass is 192 g/mol. The van der Waals surface area contributed by atoms with E-state index in [4.69, 9.17) is 4.74 Å². The molecule has 0 amide bonds. The molecule has 0 aromatic carbocycles. The molecule has 0 aromatic heterocycles. The fourth-order valence-corrected chi connectivity index (χ4v) is 1.05. The Morgan fingerprint density at radius 3 is 2.62 bits per heavy atom. The second kappa shape index (κ2) is 4.93. The fourth-order valence-electron chi connectivity index (χ4n) is 1.05. The summed E-state index contributed by atoms with van der Waals surface area (Å²) >= 11 is 0. The van der Waals surface area contributed by atoms with Gasteiger partial charge in [0.25, 0.3) is 0 Å². The van der Waals surface area contributed by atoms with Crippen LogP contribution < -0.4 is 34.7 Å². The molecule has 1 rings (SSSR count). The minimum Gasteiger partial charge on any atom is -0.547 e. The maximum atomic E-state index is 10.5. The molecule has 0 aromatic rings. The molecule has 1 N–H and O–H groups in total. The summed E-state index contributed by atoms with van der Waals surface area (Å²) < 4.78 is 4.76. The number of rotatable bonds is 2. The van der Waals surface area contributed by atoms with Crippen LogP contribution in [-0.4, -0.2) is 29.9 Å². The molecule has 13 heavy (non-hydrogen) atoms. The van der Waals surface area contributed by atoms with Gasteiger partial charge in [0.05, 0.1) is 5.97 Å². The predicted molar refractivity (Wildman–Crippen MR) is 39.0 cm³/mol. The first-order valence-corrected chi connectivity index (χ1v) is 3.44. The molecule has 2 atom stereocenters. The molecule has 2 unspecified atom stereocenters. The molecule has 0 heterocycles. The topological polar surface area (TPSA) is 69.6 Å². The van der Waals surface area contributed by atoms with E-state index in [1.54, 1.807) is 6.08 Å². The van der Waals surface area contributed by atoms with Crippen LogP contribution in [0.3, 0.4) is 0 Å². The summed E-state index contributed by atoms with van der Waals surface area (Å²) in [5.74, 6) is -1.56. The molecule has 0 bridgehead atoms. The minimum atomic E-state index is -2.04. The smallest absolute Gasteiger partial charge is 0.547 e. The van der Waals surface area contributed by atoms with E-state index in [1.807, 2.05) is 0 Å². The van der Waals surface area contributed by atoms with Gasteiger partial charge in [0, 0.05) is 7.11 Å². The Balaban J connectivity index is 0.00000144. The first-order valence-electron chi connectivity index (χ1n) is 3.44. The normalized spacial score (nSPS) is 31.1. The molecule has 5 heteroatoms. The van der Waals surface area contributed by atoms with E-state index >= 15 is 0 Å². The number of carboxylic acids is 1. The summed E-state index contributed by atoms with van der Waals surface area (Å²) in [6.07, 6.45) is 4.75. The van der Waals surface area contributed by atoms with Gasteiger partial charge in [-0.3, -0.25) is 0 Å². The van der Waals surface area contributed by atoms with Crippen molar-refractivity contribution in [3.63, 3.8) is 0 Å². The number of carboxylic acid groups (broad SMARTS) is 1. The zero-order valence-corrected chi connectivity index (χ0v) is 9.56. The van der Waals surface area contributed by atoms with Gasteiger partial charge < -0.3 is 19.7 Å². The summed E-state index contributed by atoms with van der Waals surface area (Å²) in [5.41, 5.74) is -2.04. The minimum absolute atomic E-state index is 0. The number of aliphatic carboxylic acids is 1. The third-order valence-corrected chi connectivity index (χ3v) is 1.76. The summed E-state index contributed by atoms with van der Waals surface area (Å²) in [6, 6.07) is 0. The van der Waals surface area contributed by atoms with E-state index < -0.39 is 17.7 Å². The number of carbonyl (C=O) groups is 1. The van der Waals surface area contributed by atoms with Crippen LogP contribution in [0.5, 0.6) is 0 Å². The van der Waals surface area contributed by atoms with Crippen LogP contribution in [0.4, 0.5) is 0 Å². The maximum Gasteiger partial charge on any atom is 1.00 e. The number of hydrogen-bond acceptors (Lipinski definition) is 4. The second-order valence-corrected chi connectivity index (χ2v) is 2.51. The summed E-state index contributed by atoms with van der Waals surface area (Å²) in [4.78, 5) is 10.5. The van der Waals surface area contributed by atoms with Crippen molar-refractivity contribution in [3.8, 4) is 0 Å². The average molecular weight is 192 g/mol. The van der Waals surface area contributed by atoms with Crippen LogP contribution in [0.1, 0.15) is 0 Å². The SMILES string of the molecule is COC1C=CC=CC1(O)C(=O)[O-].[Na+]. The van der Waals surface area contributed by atoms with E-state index in [2.05, 4.69) is 0 Å². The van der Waals surface area contributed by atoms with Gasteiger partial charge in [-0.2, -0.15) is 0 Å². The molecule has 1 aliphatic carbocycles. The first-order chi connectivity index (χ1) is 5.61. The van der Waals surface area contributed by atoms with Gasteiger partial charge in [0.1, 0.15) is 6.10 Å². The Morgan fingerprint density at radius 2 is 2.23 bits per heavy atom. The molecular weight excluding hydrogens is 183 g/mol. The Hall–Kier alpha value is -0.130. The van der Waals surface area contributed by atoms with Gasteiger partial charge in [0.15, 0.2) is 5.60 Å². The number of methoxy groups -OCH3 is 1. The quantitative estimate of drug-likeness (QED) is 0.449. The number of ether oxygens (including phenoxy) is 1. The van der Waals surface area contributed by atoms with E-state index in [1.165, 1.54) is 19.3 Å². The molecule has 0 fully saturated rings. The number of hydrogen-bond donors (Lipinski definition) is 1. The Labute approximate surface area is 98.2 Å². The van der Waals surface area contributed by atoms with Crippen molar-refractivity contribution in [3.05, 3.63) is 24.3 Å². The van der Waals surface area contributed by atoms with Crippen molar-refractivity contribution in [1.82, 2.24) is 0 Å². The van der Waals surface area contributed by atoms with Crippen molar-refractivity contribution < 1.29 is 49.3 Å². The largest absolute Gasteiger partial charge is 1.00 e. The third kappa shape index (κ3) is 2.42. The van der Waals surface area contributed by atoms with Gasteiger partial charge in [-0.15, -0.1) is 0 Å². The summed E-state index contributed by atoms with van der Waals surface area (Å²) in [6.45, 7) is 0. The van der Waals surface area contributed by atoms with Gasteiger partial charge in [-0.05, 0) is 6.08 Å². The van der Waals surface area contributed by atoms with Crippen molar-refractivity contribution >= 4 is 5.97 Å². The van der Waals surface area contributed by atoms with E-state index in [0.717, 1.165) is 6.08 Å². The zero-order valence-electron chi connectivity index (χ0n) is 7.56. The molecule has 0 aliphatic heterocycles. The van der Waals surface area contributed by atoms with Crippen LogP contribution in [0.25, 0.3) is 0 Å². The Bertz CT molecular complexity index is 249. The maximum absolute atomic E-state index is 10.5. The molecular formula is C8H9NaO4. The molecule has 1 aliphatic rings. The summed E-state index contributed by atoms with van der Waals surface area (Å²) in [7, 11) is 1.32. The van der Waals surface area contributed by atoms with Crippen molar-refractivity contribution in [2.75, 3.05) is 7.11 Å². The molecule has 0 saturated carbocycles. The van der Waals surface area contributed by atoms with Crippen LogP contribution in [0, 0.1) is 0 Å². The van der Waals surface area contributed by atoms with Crippen molar-refractivity contribution in [2.24, 2.45) is 0 Å². The van der Waals surface area contributed by atoms with Gasteiger partial charge >= 0.3 is 29.6 Å². The predicted octanol–water partition coefficient (Wildman–Crippen LogP) is -4.39. The zero-order chi connectivity index (χ0) is 9.19. The van der Waals surface area contributed by atoms with E-state index in [9.17, 15) is 15.0 Å². The first kappa shape index (κ1) is 12.9. The van der Waals surface area contributed by atoms with Crippen molar-refractivity contribution in [1.29, 1.82) is 0 Å². The molecule has 4 nitrogen and oxygen atoms in total. The second-order valence-electron chi connectivity index (χ2n) is 2.51. The summed E-state index contributed by atoms with van der Waals surface area (Å²) in [5, 5.41) is 20.0. The van der Waals surface area contributed by atoms with E-state index in [0.29, 0.717) is 0 Å². The van der Waals surface area contributed by atoms with Gasteiger partial charge in [0.2, 0.25) is 0 Å². The average Bonchev–Trinajstić information content (AvgIpc) is 2.05. The Morgan fingerprint density at radius 1 is 1.62 bits per heavy atom. The number of aliphatic hydroxyl groups is 1. The van der Waals surface area contributed by atoms with Crippen LogP contribution >= 0.6 is 0 Å². The molecule has 0 radical (unpaired) electrons. The number of carbonyl (C=O) groups excluding carboxylic acids is 1. The van der Waals surface area contributed by atoms with Gasteiger partial charge in [-0.25, -0.2) is 0 Å². The third-order valence-electron chi connectivity index (χ3n) is 1.76. The van der Waals surface area contributed by atoms with Crippen molar-refractivity contribution in [2.45, 2.75) is 11.7 Å². The van der Waals surface area contributed by atoms with E-state index in [-0.39, 0.29) is 29.6 Å². The van der Waals surface area contributed by atoms with Crippen LogP contribution in [-0.2, 0) is 9.53 Å². The number of allylic oxidation sites excluding steroid dienone is 2. The fraction of sp³-hybridized carbons (Fsp3) is 0.375. The van der Waals surface area contributed by atoms with Gasteiger partial charge in [-0.1, -0.05) is 18.2 Å². The van der Waals surface area contributed by atoms with Crippen LogP contribution in [0.2, 0.25) is 0 Å². The Kier molecular flexibility index (Phi) is 4.88. The van der Waals surface area contributed by atoms with Crippen LogP contribution in [0.15, 0.2) is 24.3 Å². The molecule has 0 spiro atoms. The molecule has 0 saturated heterocycles.